The predicted octanol–water partition coefficient (Wildman–Crippen LogP) is -1.54. The third kappa shape index (κ3) is 3.03. The van der Waals surface area contributed by atoms with E-state index in [1.807, 2.05) is 0 Å². The van der Waals surface area contributed by atoms with Gasteiger partial charge in [0.15, 0.2) is 0 Å². The molecule has 16 heavy (non-hydrogen) atoms. The molecule has 86 valence electrons. The van der Waals surface area contributed by atoms with Gasteiger partial charge in [0.25, 0.3) is 0 Å². The number of carboxylic acid groups (broad SMARTS) is 1. The standard InChI is InChI=1S/C9H11BFNO4/c11-7-3-5(4-8(12)9(13)14)1-2-6(7)10(15)16/h1-3,8,15-16H,4,12H2,(H,13,14)/t8-/m0/s1/i11-1. The molecule has 0 radical (unpaired) electrons. The number of halogens is 1. The molecule has 1 aromatic rings. The molecular formula is C9H11BFNO4. The highest BCUT2D eigenvalue weighted by Crippen LogP contribution is 2.05. The topological polar surface area (TPSA) is 104 Å². The second-order valence-electron chi connectivity index (χ2n) is 3.38. The Bertz CT molecular complexity index is 399. The average molecular weight is 226 g/mol. The van der Waals surface area contributed by atoms with Gasteiger partial charge >= 0.3 is 13.1 Å². The van der Waals surface area contributed by atoms with Crippen LogP contribution in [0.15, 0.2) is 18.2 Å². The molecule has 0 aliphatic rings. The van der Waals surface area contributed by atoms with Crippen molar-refractivity contribution < 1.29 is 24.3 Å². The van der Waals surface area contributed by atoms with Gasteiger partial charge in [-0.15, -0.1) is 0 Å². The molecule has 1 aromatic carbocycles. The van der Waals surface area contributed by atoms with Gasteiger partial charge in [0.05, 0.1) is 0 Å². The summed E-state index contributed by atoms with van der Waals surface area (Å²) in [7, 11) is -1.89. The molecule has 0 aromatic heterocycles. The van der Waals surface area contributed by atoms with Gasteiger partial charge in [-0.1, -0.05) is 12.1 Å². The normalized spacial score (nSPS) is 12.2. The Kier molecular flexibility index (Phi) is 4.00. The number of rotatable bonds is 4. The van der Waals surface area contributed by atoms with Gasteiger partial charge in [-0.05, 0) is 18.1 Å². The van der Waals surface area contributed by atoms with Crippen LogP contribution in [0.1, 0.15) is 5.56 Å². The quantitative estimate of drug-likeness (QED) is 0.466. The van der Waals surface area contributed by atoms with E-state index in [4.69, 9.17) is 20.9 Å². The van der Waals surface area contributed by atoms with E-state index in [1.54, 1.807) is 0 Å². The largest absolute Gasteiger partial charge is 0.491 e. The second-order valence-corrected chi connectivity index (χ2v) is 3.38. The van der Waals surface area contributed by atoms with Crippen molar-refractivity contribution in [1.29, 1.82) is 0 Å². The van der Waals surface area contributed by atoms with Crippen LogP contribution in [0.4, 0.5) is 4.39 Å². The van der Waals surface area contributed by atoms with Crippen LogP contribution in [0, 0.1) is 5.82 Å². The molecule has 0 saturated carbocycles. The zero-order chi connectivity index (χ0) is 12.3. The van der Waals surface area contributed by atoms with E-state index in [9.17, 15) is 9.18 Å². The van der Waals surface area contributed by atoms with E-state index in [0.717, 1.165) is 6.07 Å². The summed E-state index contributed by atoms with van der Waals surface area (Å²) in [6.07, 6.45) is -0.0198. The lowest BCUT2D eigenvalue weighted by atomic mass is 9.79. The Labute approximate surface area is 91.5 Å². The van der Waals surface area contributed by atoms with E-state index in [-0.39, 0.29) is 11.9 Å². The number of hydrogen-bond acceptors (Lipinski definition) is 4. The molecular weight excluding hydrogens is 215 g/mol. The lowest BCUT2D eigenvalue weighted by molar-refractivity contribution is -0.138. The van der Waals surface area contributed by atoms with Crippen molar-refractivity contribution in [2.75, 3.05) is 0 Å². The van der Waals surface area contributed by atoms with Crippen LogP contribution in [-0.4, -0.2) is 34.3 Å². The first-order valence-corrected chi connectivity index (χ1v) is 4.54. The summed E-state index contributed by atoms with van der Waals surface area (Å²) in [5, 5.41) is 26.1. The summed E-state index contributed by atoms with van der Waals surface area (Å²) in [4.78, 5) is 10.5. The first kappa shape index (κ1) is 12.6. The van der Waals surface area contributed by atoms with Crippen LogP contribution in [-0.2, 0) is 11.2 Å². The van der Waals surface area contributed by atoms with Gasteiger partial charge in [-0.2, -0.15) is 0 Å². The molecule has 0 spiro atoms. The molecule has 0 bridgehead atoms. The van der Waals surface area contributed by atoms with Crippen molar-refractivity contribution in [3.8, 4) is 0 Å². The van der Waals surface area contributed by atoms with E-state index in [1.165, 1.54) is 12.1 Å². The summed E-state index contributed by atoms with van der Waals surface area (Å²) >= 11 is 0. The summed E-state index contributed by atoms with van der Waals surface area (Å²) < 4.78 is 13.2. The van der Waals surface area contributed by atoms with Crippen LogP contribution < -0.4 is 11.2 Å². The fourth-order valence-electron chi connectivity index (χ4n) is 1.25. The molecule has 0 saturated heterocycles. The molecule has 5 N–H and O–H groups in total. The second kappa shape index (κ2) is 5.06. The third-order valence-corrected chi connectivity index (χ3v) is 2.12. The number of carboxylic acids is 1. The van der Waals surface area contributed by atoms with Crippen molar-refractivity contribution in [3.63, 3.8) is 0 Å². The number of benzene rings is 1. The maximum absolute atomic E-state index is 13.2. The minimum absolute atomic E-state index is 0.0198. The minimum Gasteiger partial charge on any atom is -0.480 e. The molecule has 1 atom stereocenters. The van der Waals surface area contributed by atoms with Crippen LogP contribution in [0.3, 0.4) is 0 Å². The van der Waals surface area contributed by atoms with Crippen molar-refractivity contribution in [2.45, 2.75) is 12.5 Å². The first-order valence-electron chi connectivity index (χ1n) is 4.54. The Balaban J connectivity index is 2.85. The van der Waals surface area contributed by atoms with Crippen molar-refractivity contribution >= 4 is 18.6 Å². The molecule has 0 heterocycles. The zero-order valence-electron chi connectivity index (χ0n) is 8.30. The average Bonchev–Trinajstić information content (AvgIpc) is 2.16. The molecule has 1 rings (SSSR count). The monoisotopic (exact) mass is 226 g/mol. The SMILES string of the molecule is N[C@@H](Cc1ccc(B(O)O)c([18F])c1)C(=O)O. The molecule has 0 amide bonds. The van der Waals surface area contributed by atoms with Crippen LogP contribution in [0.2, 0.25) is 0 Å². The highest BCUT2D eigenvalue weighted by atomic mass is 18.2. The summed E-state index contributed by atoms with van der Waals surface area (Å²) in [5.74, 6) is -1.98. The van der Waals surface area contributed by atoms with E-state index >= 15 is 0 Å². The molecule has 5 nitrogen and oxygen atoms in total. The lowest BCUT2D eigenvalue weighted by Crippen LogP contribution is -2.34. The smallest absolute Gasteiger partial charge is 0.480 e. The maximum atomic E-state index is 13.2. The van der Waals surface area contributed by atoms with Crippen LogP contribution >= 0.6 is 0 Å². The number of aliphatic carboxylic acids is 1. The fraction of sp³-hybridized carbons (Fsp3) is 0.222. The fourth-order valence-corrected chi connectivity index (χ4v) is 1.25. The molecule has 0 aliphatic carbocycles. The molecule has 0 fully saturated rings. The highest BCUT2D eigenvalue weighted by Gasteiger charge is 2.18. The summed E-state index contributed by atoms with van der Waals surface area (Å²) in [6.45, 7) is 0. The molecule has 0 unspecified atom stereocenters. The summed E-state index contributed by atoms with van der Waals surface area (Å²) in [6, 6.07) is 2.52. The molecule has 7 heteroatoms. The number of nitrogens with two attached hydrogens (primary N) is 1. The van der Waals surface area contributed by atoms with Crippen molar-refractivity contribution in [2.24, 2.45) is 5.73 Å². The van der Waals surface area contributed by atoms with Gasteiger partial charge in [0.1, 0.15) is 11.9 Å². The van der Waals surface area contributed by atoms with Gasteiger partial charge in [0.2, 0.25) is 0 Å². The predicted molar refractivity (Wildman–Crippen MR) is 55.5 cm³/mol. The number of carbonyl (C=O) groups is 1. The Hall–Kier alpha value is -1.44. The zero-order valence-corrected chi connectivity index (χ0v) is 8.30. The maximum Gasteiger partial charge on any atom is 0.491 e. The summed E-state index contributed by atoms with van der Waals surface area (Å²) in [5.41, 5.74) is 5.40. The minimum atomic E-state index is -1.89. The van der Waals surface area contributed by atoms with Gasteiger partial charge in [-0.25, -0.2) is 4.39 Å². The Morgan fingerprint density at radius 3 is 2.56 bits per heavy atom. The van der Waals surface area contributed by atoms with Crippen molar-refractivity contribution in [1.82, 2.24) is 0 Å². The molecule has 0 aliphatic heterocycles. The van der Waals surface area contributed by atoms with Gasteiger partial charge in [0, 0.05) is 5.46 Å². The van der Waals surface area contributed by atoms with Gasteiger partial charge in [-0.3, -0.25) is 4.79 Å². The third-order valence-electron chi connectivity index (χ3n) is 2.12. The first-order chi connectivity index (χ1) is 7.41. The Morgan fingerprint density at radius 2 is 2.12 bits per heavy atom. The van der Waals surface area contributed by atoms with E-state index in [0.29, 0.717) is 5.56 Å². The lowest BCUT2D eigenvalue weighted by Gasteiger charge is -2.08. The van der Waals surface area contributed by atoms with E-state index in [2.05, 4.69) is 0 Å². The van der Waals surface area contributed by atoms with Crippen LogP contribution in [0.5, 0.6) is 0 Å². The number of hydrogen-bond donors (Lipinski definition) is 4. The van der Waals surface area contributed by atoms with E-state index < -0.39 is 24.9 Å². The highest BCUT2D eigenvalue weighted by molar-refractivity contribution is 6.58. The van der Waals surface area contributed by atoms with Crippen molar-refractivity contribution in [3.05, 3.63) is 29.6 Å². The van der Waals surface area contributed by atoms with Crippen LogP contribution in [0.25, 0.3) is 0 Å². The van der Waals surface area contributed by atoms with Gasteiger partial charge < -0.3 is 20.9 Å². The Morgan fingerprint density at radius 1 is 1.50 bits per heavy atom.